The van der Waals surface area contributed by atoms with Crippen LogP contribution in [0, 0.1) is 5.92 Å². The van der Waals surface area contributed by atoms with Crippen molar-refractivity contribution in [3.8, 4) is 0 Å². The van der Waals surface area contributed by atoms with Crippen LogP contribution in [-0.4, -0.2) is 41.3 Å². The van der Waals surface area contributed by atoms with Gasteiger partial charge >= 0.3 is 0 Å². The fraction of sp³-hybridized carbons (Fsp3) is 0.889. The Morgan fingerprint density at radius 3 is 2.77 bits per heavy atom. The normalized spacial score (nSPS) is 30.6. The molecule has 13 heavy (non-hydrogen) atoms. The highest BCUT2D eigenvalue weighted by molar-refractivity contribution is 5.88. The molecule has 1 saturated heterocycles. The summed E-state index contributed by atoms with van der Waals surface area (Å²) in [7, 11) is 0. The molecule has 1 heterocycles. The number of nitrogens with zero attached hydrogens (tertiary/aromatic N) is 1. The Kier molecular flexibility index (Phi) is 2.02. The zero-order valence-corrected chi connectivity index (χ0v) is 7.50. The summed E-state index contributed by atoms with van der Waals surface area (Å²) in [6.45, 7) is 1.24. The molecule has 0 spiro atoms. The molecule has 0 bridgehead atoms. The fourth-order valence-electron chi connectivity index (χ4n) is 1.77. The summed E-state index contributed by atoms with van der Waals surface area (Å²) >= 11 is 0. The lowest BCUT2D eigenvalue weighted by Gasteiger charge is -2.17. The minimum absolute atomic E-state index is 0.100. The third kappa shape index (κ3) is 1.55. The third-order valence-electron chi connectivity index (χ3n) is 2.90. The van der Waals surface area contributed by atoms with Gasteiger partial charge in [0.05, 0.1) is 0 Å². The maximum atomic E-state index is 13.3. The number of aliphatic hydroxyl groups is 1. The maximum Gasteiger partial charge on any atom is 0.260 e. The van der Waals surface area contributed by atoms with Crippen LogP contribution in [0.1, 0.15) is 19.3 Å². The van der Waals surface area contributed by atoms with Crippen LogP contribution in [-0.2, 0) is 4.79 Å². The van der Waals surface area contributed by atoms with Crippen LogP contribution in [0.25, 0.3) is 0 Å². The molecule has 2 rings (SSSR count). The molecule has 1 saturated carbocycles. The van der Waals surface area contributed by atoms with Gasteiger partial charge in [-0.25, -0.2) is 4.39 Å². The second-order valence-electron chi connectivity index (χ2n) is 4.05. The summed E-state index contributed by atoms with van der Waals surface area (Å²) in [5.41, 5.74) is -1.54. The van der Waals surface area contributed by atoms with E-state index in [4.69, 9.17) is 5.11 Å². The van der Waals surface area contributed by atoms with Gasteiger partial charge in [0.2, 0.25) is 0 Å². The van der Waals surface area contributed by atoms with E-state index in [1.165, 1.54) is 0 Å². The molecular weight excluding hydrogens is 173 g/mol. The summed E-state index contributed by atoms with van der Waals surface area (Å²) in [5.74, 6) is -0.199. The number of alkyl halides is 1. The summed E-state index contributed by atoms with van der Waals surface area (Å²) in [4.78, 5) is 13.0. The third-order valence-corrected chi connectivity index (χ3v) is 2.90. The maximum absolute atomic E-state index is 13.3. The van der Waals surface area contributed by atoms with E-state index in [9.17, 15) is 9.18 Å². The first-order chi connectivity index (χ1) is 6.15. The highest BCUT2D eigenvalue weighted by Crippen LogP contribution is 2.42. The van der Waals surface area contributed by atoms with Crippen molar-refractivity contribution in [2.45, 2.75) is 24.9 Å². The highest BCUT2D eigenvalue weighted by Gasteiger charge is 2.53. The average Bonchev–Trinajstić information content (AvgIpc) is 2.71. The van der Waals surface area contributed by atoms with E-state index in [2.05, 4.69) is 0 Å². The number of rotatable bonds is 2. The Morgan fingerprint density at radius 2 is 2.31 bits per heavy atom. The molecule has 0 aromatic carbocycles. The highest BCUT2D eigenvalue weighted by atomic mass is 19.1. The number of amides is 1. The first kappa shape index (κ1) is 8.94. The van der Waals surface area contributed by atoms with Crippen molar-refractivity contribution in [2.24, 2.45) is 5.92 Å². The van der Waals surface area contributed by atoms with E-state index < -0.39 is 5.67 Å². The van der Waals surface area contributed by atoms with Crippen LogP contribution in [0.4, 0.5) is 4.39 Å². The van der Waals surface area contributed by atoms with Crippen LogP contribution in [0.2, 0.25) is 0 Å². The molecule has 74 valence electrons. The lowest BCUT2D eigenvalue weighted by Crippen LogP contribution is -2.37. The number of hydrogen-bond donors (Lipinski definition) is 1. The van der Waals surface area contributed by atoms with Gasteiger partial charge in [-0.15, -0.1) is 0 Å². The number of halogens is 1. The number of hydrogen-bond acceptors (Lipinski definition) is 2. The SMILES string of the molecule is O=C(N1CCC(CO)C1)C1(F)CC1. The van der Waals surface area contributed by atoms with Crippen molar-refractivity contribution in [3.05, 3.63) is 0 Å². The Labute approximate surface area is 76.5 Å². The lowest BCUT2D eigenvalue weighted by atomic mass is 10.1. The van der Waals surface area contributed by atoms with E-state index in [0.717, 1.165) is 6.42 Å². The Morgan fingerprint density at radius 1 is 1.62 bits per heavy atom. The van der Waals surface area contributed by atoms with E-state index in [1.54, 1.807) is 4.90 Å². The molecule has 4 heteroatoms. The molecule has 3 nitrogen and oxygen atoms in total. The average molecular weight is 187 g/mol. The molecule has 1 atom stereocenters. The van der Waals surface area contributed by atoms with Crippen molar-refractivity contribution in [1.82, 2.24) is 4.90 Å². The van der Waals surface area contributed by atoms with Crippen molar-refractivity contribution >= 4 is 5.91 Å². The number of likely N-dealkylation sites (tertiary alicyclic amines) is 1. The molecule has 2 aliphatic rings. The predicted molar refractivity (Wildman–Crippen MR) is 44.8 cm³/mol. The largest absolute Gasteiger partial charge is 0.396 e. The zero-order chi connectivity index (χ0) is 9.47. The predicted octanol–water partition coefficient (Wildman–Crippen LogP) is 0.329. The van der Waals surface area contributed by atoms with Crippen LogP contribution in [0.5, 0.6) is 0 Å². The van der Waals surface area contributed by atoms with Gasteiger partial charge in [0, 0.05) is 25.6 Å². The minimum Gasteiger partial charge on any atom is -0.396 e. The topological polar surface area (TPSA) is 40.5 Å². The number of carbonyl (C=O) groups excluding carboxylic acids is 1. The second-order valence-corrected chi connectivity index (χ2v) is 4.05. The molecule has 1 aliphatic carbocycles. The summed E-state index contributed by atoms with van der Waals surface area (Å²) in [6, 6.07) is 0. The first-order valence-electron chi connectivity index (χ1n) is 4.75. The van der Waals surface area contributed by atoms with Gasteiger partial charge in [-0.1, -0.05) is 0 Å². The number of carbonyl (C=O) groups is 1. The van der Waals surface area contributed by atoms with E-state index >= 15 is 0 Å². The van der Waals surface area contributed by atoms with Crippen molar-refractivity contribution in [1.29, 1.82) is 0 Å². The van der Waals surface area contributed by atoms with Gasteiger partial charge in [-0.3, -0.25) is 4.79 Å². The van der Waals surface area contributed by atoms with Crippen LogP contribution < -0.4 is 0 Å². The Hall–Kier alpha value is -0.640. The molecule has 1 N–H and O–H groups in total. The van der Waals surface area contributed by atoms with Gasteiger partial charge < -0.3 is 10.0 Å². The van der Waals surface area contributed by atoms with Gasteiger partial charge in [0.15, 0.2) is 5.67 Å². The smallest absolute Gasteiger partial charge is 0.260 e. The lowest BCUT2D eigenvalue weighted by molar-refractivity contribution is -0.137. The summed E-state index contributed by atoms with van der Waals surface area (Å²) in [5, 5.41) is 8.85. The van der Waals surface area contributed by atoms with Crippen molar-refractivity contribution < 1.29 is 14.3 Å². The quantitative estimate of drug-likeness (QED) is 0.676. The summed E-state index contributed by atoms with van der Waals surface area (Å²) in [6.07, 6.45) is 1.57. The van der Waals surface area contributed by atoms with E-state index in [1.807, 2.05) is 0 Å². The molecule has 0 radical (unpaired) electrons. The molecule has 2 fully saturated rings. The van der Waals surface area contributed by atoms with E-state index in [0.29, 0.717) is 25.9 Å². The van der Waals surface area contributed by atoms with Crippen LogP contribution in [0.3, 0.4) is 0 Å². The molecule has 1 unspecified atom stereocenters. The monoisotopic (exact) mass is 187 g/mol. The fourth-order valence-corrected chi connectivity index (χ4v) is 1.77. The van der Waals surface area contributed by atoms with Gasteiger partial charge in [0.1, 0.15) is 0 Å². The minimum atomic E-state index is -1.54. The summed E-state index contributed by atoms with van der Waals surface area (Å²) < 4.78 is 13.3. The van der Waals surface area contributed by atoms with Gasteiger partial charge in [-0.05, 0) is 19.3 Å². The first-order valence-corrected chi connectivity index (χ1v) is 4.75. The van der Waals surface area contributed by atoms with Gasteiger partial charge in [0.25, 0.3) is 5.91 Å². The zero-order valence-electron chi connectivity index (χ0n) is 7.50. The number of aliphatic hydroxyl groups excluding tert-OH is 1. The second kappa shape index (κ2) is 2.94. The van der Waals surface area contributed by atoms with Crippen molar-refractivity contribution in [2.75, 3.05) is 19.7 Å². The van der Waals surface area contributed by atoms with Crippen LogP contribution >= 0.6 is 0 Å². The molecule has 1 aliphatic heterocycles. The van der Waals surface area contributed by atoms with E-state index in [-0.39, 0.29) is 18.4 Å². The molecule has 0 aromatic heterocycles. The molecule has 1 amide bonds. The Balaban J connectivity index is 1.92. The molecule has 0 aromatic rings. The van der Waals surface area contributed by atoms with Crippen molar-refractivity contribution in [3.63, 3.8) is 0 Å². The molecular formula is C9H14FNO2. The standard InChI is InChI=1S/C9H14FNO2/c10-9(2-3-9)8(13)11-4-1-7(5-11)6-12/h7,12H,1-6H2. The van der Waals surface area contributed by atoms with Crippen LogP contribution in [0.15, 0.2) is 0 Å². The van der Waals surface area contributed by atoms with Gasteiger partial charge in [-0.2, -0.15) is 0 Å². The Bertz CT molecular complexity index is 228.